The minimum Gasteiger partial charge on any atom is -0.486 e. The highest BCUT2D eigenvalue weighted by Crippen LogP contribution is 2.39. The summed E-state index contributed by atoms with van der Waals surface area (Å²) in [4.78, 5) is 21.8. The topological polar surface area (TPSA) is 117 Å². The molecule has 2 aliphatic rings. The van der Waals surface area contributed by atoms with Gasteiger partial charge in [0.05, 0.1) is 18.0 Å². The first-order valence-corrected chi connectivity index (χ1v) is 10.3. The Labute approximate surface area is 179 Å². The summed E-state index contributed by atoms with van der Waals surface area (Å²) in [7, 11) is 0. The Bertz CT molecular complexity index is 1090. The molecule has 0 bridgehead atoms. The molecule has 10 nitrogen and oxygen atoms in total. The van der Waals surface area contributed by atoms with Gasteiger partial charge in [0.15, 0.2) is 5.75 Å². The Morgan fingerprint density at radius 3 is 2.77 bits per heavy atom. The molecule has 0 radical (unpaired) electrons. The second-order valence-corrected chi connectivity index (χ2v) is 7.85. The summed E-state index contributed by atoms with van der Waals surface area (Å²) < 4.78 is 11.1. The number of hydrogen-bond acceptors (Lipinski definition) is 10. The Balaban J connectivity index is 1.19. The number of piperazine rings is 1. The predicted octanol–water partition coefficient (Wildman–Crippen LogP) is 2.30. The Hall–Kier alpha value is -3.74. The second-order valence-electron chi connectivity index (χ2n) is 7.85. The molecule has 0 spiro atoms. The Kier molecular flexibility index (Phi) is 5.08. The van der Waals surface area contributed by atoms with E-state index in [1.807, 2.05) is 0 Å². The molecule has 1 saturated carbocycles. The summed E-state index contributed by atoms with van der Waals surface area (Å²) in [6, 6.07) is 4.08. The van der Waals surface area contributed by atoms with E-state index >= 15 is 0 Å². The van der Waals surface area contributed by atoms with E-state index in [-0.39, 0.29) is 12.6 Å². The summed E-state index contributed by atoms with van der Waals surface area (Å²) in [5, 5.41) is 13.3. The van der Waals surface area contributed by atoms with Crippen LogP contribution in [-0.4, -0.2) is 50.8 Å². The van der Waals surface area contributed by atoms with Crippen molar-refractivity contribution < 1.29 is 9.26 Å². The first-order chi connectivity index (χ1) is 15.2. The summed E-state index contributed by atoms with van der Waals surface area (Å²) in [6.07, 6.45) is 8.78. The van der Waals surface area contributed by atoms with Gasteiger partial charge >= 0.3 is 0 Å². The van der Waals surface area contributed by atoms with E-state index in [1.165, 1.54) is 6.20 Å². The number of anilines is 2. The van der Waals surface area contributed by atoms with E-state index in [0.717, 1.165) is 43.9 Å². The molecule has 5 rings (SSSR count). The van der Waals surface area contributed by atoms with Crippen LogP contribution in [0.3, 0.4) is 0 Å². The van der Waals surface area contributed by atoms with Crippen LogP contribution in [0.1, 0.15) is 42.7 Å². The molecule has 0 N–H and O–H groups in total. The van der Waals surface area contributed by atoms with E-state index in [9.17, 15) is 0 Å². The average Bonchev–Trinajstić information content (AvgIpc) is 3.54. The van der Waals surface area contributed by atoms with Crippen LogP contribution in [0.15, 0.2) is 35.4 Å². The SMILES string of the molecule is C[C@@H]1CN(c2noc(C3CC3)n2)CCN1c1ncc(OCc2ccncc2C#N)cn1. The standard InChI is InChI=1S/C21H22N8O2/c1-14-12-28(21-26-19(31-27-21)15-2-3-15)6-7-29(14)20-24-10-18(11-25-20)30-13-16-4-5-23-9-17(16)8-22/h4-5,9-11,14-15H,2-3,6-7,12-13H2,1H3/t14-/m1/s1. The lowest BCUT2D eigenvalue weighted by Crippen LogP contribution is -2.53. The summed E-state index contributed by atoms with van der Waals surface area (Å²) >= 11 is 0. The number of rotatable bonds is 6. The lowest BCUT2D eigenvalue weighted by Gasteiger charge is -2.39. The van der Waals surface area contributed by atoms with Gasteiger partial charge in [-0.25, -0.2) is 9.97 Å². The molecule has 0 unspecified atom stereocenters. The zero-order valence-corrected chi connectivity index (χ0v) is 17.2. The Morgan fingerprint density at radius 1 is 1.19 bits per heavy atom. The van der Waals surface area contributed by atoms with E-state index < -0.39 is 0 Å². The molecule has 0 amide bonds. The second kappa shape index (κ2) is 8.18. The first-order valence-electron chi connectivity index (χ1n) is 10.3. The predicted molar refractivity (Wildman–Crippen MR) is 111 cm³/mol. The molecular formula is C21H22N8O2. The molecular weight excluding hydrogens is 396 g/mol. The molecule has 3 aromatic rings. The zero-order chi connectivity index (χ0) is 21.2. The van der Waals surface area contributed by atoms with Crippen LogP contribution in [0.25, 0.3) is 0 Å². The molecule has 10 heteroatoms. The lowest BCUT2D eigenvalue weighted by atomic mass is 10.2. The van der Waals surface area contributed by atoms with E-state index in [1.54, 1.807) is 24.7 Å². The van der Waals surface area contributed by atoms with Crippen molar-refractivity contribution in [2.75, 3.05) is 29.4 Å². The molecule has 4 heterocycles. The van der Waals surface area contributed by atoms with Gasteiger partial charge in [0.2, 0.25) is 11.8 Å². The van der Waals surface area contributed by atoms with Gasteiger partial charge in [-0.05, 0) is 31.0 Å². The number of aromatic nitrogens is 5. The van der Waals surface area contributed by atoms with Crippen molar-refractivity contribution in [3.05, 3.63) is 47.9 Å². The van der Waals surface area contributed by atoms with E-state index in [2.05, 4.69) is 47.9 Å². The van der Waals surface area contributed by atoms with Crippen molar-refractivity contribution in [2.45, 2.75) is 38.3 Å². The number of nitriles is 1. The van der Waals surface area contributed by atoms with Crippen LogP contribution < -0.4 is 14.5 Å². The van der Waals surface area contributed by atoms with Crippen molar-refractivity contribution in [1.29, 1.82) is 5.26 Å². The largest absolute Gasteiger partial charge is 0.486 e. The Morgan fingerprint density at radius 2 is 2.03 bits per heavy atom. The van der Waals surface area contributed by atoms with Crippen molar-refractivity contribution in [2.24, 2.45) is 0 Å². The molecule has 1 atom stereocenters. The molecule has 31 heavy (non-hydrogen) atoms. The van der Waals surface area contributed by atoms with E-state index in [0.29, 0.717) is 29.1 Å². The van der Waals surface area contributed by atoms with Crippen LogP contribution in [0.5, 0.6) is 5.75 Å². The minimum atomic E-state index is 0.193. The fraction of sp³-hybridized carbons (Fsp3) is 0.429. The lowest BCUT2D eigenvalue weighted by molar-refractivity contribution is 0.303. The quantitative estimate of drug-likeness (QED) is 0.590. The zero-order valence-electron chi connectivity index (χ0n) is 17.2. The van der Waals surface area contributed by atoms with Gasteiger partial charge in [-0.1, -0.05) is 0 Å². The normalized spacial score (nSPS) is 18.6. The molecule has 1 saturated heterocycles. The van der Waals surface area contributed by atoms with Crippen molar-refractivity contribution in [3.8, 4) is 11.8 Å². The van der Waals surface area contributed by atoms with Crippen molar-refractivity contribution in [3.63, 3.8) is 0 Å². The number of pyridine rings is 1. The van der Waals surface area contributed by atoms with Gasteiger partial charge in [-0.2, -0.15) is 10.2 Å². The highest BCUT2D eigenvalue weighted by Gasteiger charge is 2.32. The number of ether oxygens (including phenoxy) is 1. The number of hydrogen-bond donors (Lipinski definition) is 0. The fourth-order valence-electron chi connectivity index (χ4n) is 3.63. The maximum atomic E-state index is 9.15. The third-order valence-corrected chi connectivity index (χ3v) is 5.57. The first kappa shape index (κ1) is 19.2. The van der Waals surface area contributed by atoms with Gasteiger partial charge in [-0.3, -0.25) is 4.98 Å². The van der Waals surface area contributed by atoms with Crippen LogP contribution in [0.4, 0.5) is 11.9 Å². The monoisotopic (exact) mass is 418 g/mol. The maximum Gasteiger partial charge on any atom is 0.266 e. The van der Waals surface area contributed by atoms with Gasteiger partial charge in [0, 0.05) is 49.6 Å². The molecule has 158 valence electrons. The van der Waals surface area contributed by atoms with Gasteiger partial charge in [0.25, 0.3) is 5.95 Å². The third-order valence-electron chi connectivity index (χ3n) is 5.57. The highest BCUT2D eigenvalue weighted by atomic mass is 16.5. The van der Waals surface area contributed by atoms with Gasteiger partial charge in [-0.15, -0.1) is 0 Å². The molecule has 1 aliphatic carbocycles. The molecule has 0 aromatic carbocycles. The summed E-state index contributed by atoms with van der Waals surface area (Å²) in [5.41, 5.74) is 1.27. The molecule has 1 aliphatic heterocycles. The highest BCUT2D eigenvalue weighted by molar-refractivity contribution is 5.40. The van der Waals surface area contributed by atoms with Crippen molar-refractivity contribution >= 4 is 11.9 Å². The fourth-order valence-corrected chi connectivity index (χ4v) is 3.63. The van der Waals surface area contributed by atoms with Crippen LogP contribution in [0, 0.1) is 11.3 Å². The van der Waals surface area contributed by atoms with E-state index in [4.69, 9.17) is 14.5 Å². The smallest absolute Gasteiger partial charge is 0.266 e. The van der Waals surface area contributed by atoms with Crippen LogP contribution in [0.2, 0.25) is 0 Å². The van der Waals surface area contributed by atoms with Crippen LogP contribution in [-0.2, 0) is 6.61 Å². The molecule has 2 fully saturated rings. The summed E-state index contributed by atoms with van der Waals surface area (Å²) in [5.74, 6) is 3.10. The van der Waals surface area contributed by atoms with Gasteiger partial charge in [0.1, 0.15) is 12.7 Å². The van der Waals surface area contributed by atoms with Gasteiger partial charge < -0.3 is 19.1 Å². The molecule has 3 aromatic heterocycles. The van der Waals surface area contributed by atoms with Crippen molar-refractivity contribution in [1.82, 2.24) is 25.1 Å². The third kappa shape index (κ3) is 4.12. The minimum absolute atomic E-state index is 0.193. The van der Waals surface area contributed by atoms with Crippen LogP contribution >= 0.6 is 0 Å². The average molecular weight is 418 g/mol. The summed E-state index contributed by atoms with van der Waals surface area (Å²) in [6.45, 7) is 4.70. The maximum absolute atomic E-state index is 9.15. The number of nitrogens with zero attached hydrogens (tertiary/aromatic N) is 8.